The zero-order valence-corrected chi connectivity index (χ0v) is 16.1. The van der Waals surface area contributed by atoms with E-state index in [2.05, 4.69) is 45.9 Å². The molecular weight excluding hydrogens is 324 g/mol. The normalized spacial score (nSPS) is 17.5. The Hall–Kier alpha value is -2.13. The number of fused-ring (bicyclic) bond motifs is 1. The van der Waals surface area contributed by atoms with Gasteiger partial charge in [-0.1, -0.05) is 58.0 Å². The highest BCUT2D eigenvalue weighted by Crippen LogP contribution is 2.45. The van der Waals surface area contributed by atoms with Gasteiger partial charge in [-0.25, -0.2) is 4.79 Å². The Morgan fingerprint density at radius 1 is 0.885 bits per heavy atom. The highest BCUT2D eigenvalue weighted by Gasteiger charge is 2.36. The first-order valence-corrected chi connectivity index (χ1v) is 9.23. The lowest BCUT2D eigenvalue weighted by Crippen LogP contribution is -2.33. The lowest BCUT2D eigenvalue weighted by Gasteiger charge is -2.42. The van der Waals surface area contributed by atoms with Gasteiger partial charge in [0, 0.05) is 0 Å². The highest BCUT2D eigenvalue weighted by molar-refractivity contribution is 5.87. The van der Waals surface area contributed by atoms with Crippen LogP contribution in [0.15, 0.2) is 42.5 Å². The van der Waals surface area contributed by atoms with Crippen LogP contribution >= 0.6 is 0 Å². The van der Waals surface area contributed by atoms with Crippen LogP contribution in [0.5, 0.6) is 0 Å². The number of ether oxygens (including phenoxy) is 1. The predicted molar refractivity (Wildman–Crippen MR) is 104 cm³/mol. The van der Waals surface area contributed by atoms with Crippen LogP contribution in [0, 0.1) is 0 Å². The Labute approximate surface area is 156 Å². The lowest BCUT2D eigenvalue weighted by molar-refractivity contribution is 0.0696. The third-order valence-corrected chi connectivity index (χ3v) is 5.66. The van der Waals surface area contributed by atoms with Crippen molar-refractivity contribution in [1.29, 1.82) is 0 Å². The molecule has 0 spiro atoms. The number of carbonyl (C=O) groups is 1. The van der Waals surface area contributed by atoms with Crippen molar-refractivity contribution in [2.45, 2.75) is 64.6 Å². The molecule has 0 saturated heterocycles. The van der Waals surface area contributed by atoms with E-state index in [1.165, 1.54) is 29.5 Å². The van der Waals surface area contributed by atoms with Gasteiger partial charge in [0.1, 0.15) is 0 Å². The van der Waals surface area contributed by atoms with E-state index in [0.717, 1.165) is 5.56 Å². The number of benzene rings is 2. The SMILES string of the molecule is CC1(C)CCC(C)(C)c2cc(COCc3ccc(C(=O)O)cc3)ccc21. The van der Waals surface area contributed by atoms with Crippen molar-refractivity contribution >= 4 is 5.97 Å². The Morgan fingerprint density at radius 2 is 1.42 bits per heavy atom. The van der Waals surface area contributed by atoms with Crippen molar-refractivity contribution in [2.24, 2.45) is 0 Å². The number of hydrogen-bond acceptors (Lipinski definition) is 2. The molecule has 0 bridgehead atoms. The molecule has 0 fully saturated rings. The van der Waals surface area contributed by atoms with Crippen molar-refractivity contribution < 1.29 is 14.6 Å². The van der Waals surface area contributed by atoms with Gasteiger partial charge >= 0.3 is 5.97 Å². The molecule has 0 aliphatic heterocycles. The molecule has 1 N–H and O–H groups in total. The molecule has 0 heterocycles. The summed E-state index contributed by atoms with van der Waals surface area (Å²) < 4.78 is 5.87. The summed E-state index contributed by atoms with van der Waals surface area (Å²) in [4.78, 5) is 10.9. The minimum Gasteiger partial charge on any atom is -0.478 e. The second-order valence-corrected chi connectivity index (χ2v) is 8.64. The van der Waals surface area contributed by atoms with E-state index in [0.29, 0.717) is 18.8 Å². The Morgan fingerprint density at radius 3 is 2.04 bits per heavy atom. The second-order valence-electron chi connectivity index (χ2n) is 8.64. The van der Waals surface area contributed by atoms with Crippen molar-refractivity contribution in [3.63, 3.8) is 0 Å². The van der Waals surface area contributed by atoms with Gasteiger partial charge in [0.15, 0.2) is 0 Å². The largest absolute Gasteiger partial charge is 0.478 e. The summed E-state index contributed by atoms with van der Waals surface area (Å²) in [5, 5.41) is 8.95. The summed E-state index contributed by atoms with van der Waals surface area (Å²) in [5.41, 5.74) is 5.81. The zero-order valence-electron chi connectivity index (χ0n) is 16.1. The first kappa shape index (κ1) is 18.7. The summed E-state index contributed by atoms with van der Waals surface area (Å²) in [6, 6.07) is 13.6. The van der Waals surface area contributed by atoms with E-state index in [1.807, 2.05) is 12.1 Å². The molecule has 0 amide bonds. The van der Waals surface area contributed by atoms with Gasteiger partial charge in [-0.15, -0.1) is 0 Å². The van der Waals surface area contributed by atoms with Crippen LogP contribution in [0.1, 0.15) is 73.1 Å². The van der Waals surface area contributed by atoms with E-state index in [9.17, 15) is 4.79 Å². The molecule has 0 atom stereocenters. The third-order valence-electron chi connectivity index (χ3n) is 5.66. The fourth-order valence-electron chi connectivity index (χ4n) is 3.76. The molecule has 0 radical (unpaired) electrons. The fraction of sp³-hybridized carbons (Fsp3) is 0.435. The zero-order chi connectivity index (χ0) is 18.9. The van der Waals surface area contributed by atoms with E-state index >= 15 is 0 Å². The van der Waals surface area contributed by atoms with Gasteiger partial charge in [-0.05, 0) is 58.1 Å². The minimum atomic E-state index is -0.905. The molecule has 138 valence electrons. The van der Waals surface area contributed by atoms with Gasteiger partial charge in [-0.2, -0.15) is 0 Å². The van der Waals surface area contributed by atoms with Crippen molar-refractivity contribution in [3.05, 3.63) is 70.3 Å². The standard InChI is InChI=1S/C23H28O3/c1-22(2)11-12-23(3,4)20-13-17(7-10-19(20)22)15-26-14-16-5-8-18(9-6-16)21(24)25/h5-10,13H,11-12,14-15H2,1-4H3,(H,24,25). The van der Waals surface area contributed by atoms with Gasteiger partial charge in [-0.3, -0.25) is 0 Å². The molecule has 0 aromatic heterocycles. The van der Waals surface area contributed by atoms with Crippen LogP contribution in [-0.4, -0.2) is 11.1 Å². The Kier molecular flexibility index (Phi) is 4.94. The maximum atomic E-state index is 10.9. The maximum Gasteiger partial charge on any atom is 0.335 e. The van der Waals surface area contributed by atoms with Crippen LogP contribution in [0.3, 0.4) is 0 Å². The van der Waals surface area contributed by atoms with E-state index in [-0.39, 0.29) is 10.8 Å². The van der Waals surface area contributed by atoms with Gasteiger partial charge in [0.05, 0.1) is 18.8 Å². The second kappa shape index (κ2) is 6.88. The summed E-state index contributed by atoms with van der Waals surface area (Å²) in [6.07, 6.45) is 2.42. The molecule has 0 saturated carbocycles. The number of carboxylic acid groups (broad SMARTS) is 1. The molecule has 0 unspecified atom stereocenters. The summed E-state index contributed by atoms with van der Waals surface area (Å²) in [5.74, 6) is -0.905. The molecule has 26 heavy (non-hydrogen) atoms. The quantitative estimate of drug-likeness (QED) is 0.778. The molecular formula is C23H28O3. The third kappa shape index (κ3) is 3.83. The lowest BCUT2D eigenvalue weighted by atomic mass is 9.63. The maximum absolute atomic E-state index is 10.9. The van der Waals surface area contributed by atoms with E-state index < -0.39 is 5.97 Å². The summed E-state index contributed by atoms with van der Waals surface area (Å²) in [7, 11) is 0. The Balaban J connectivity index is 1.68. The topological polar surface area (TPSA) is 46.5 Å². The van der Waals surface area contributed by atoms with Crippen molar-refractivity contribution in [3.8, 4) is 0 Å². The van der Waals surface area contributed by atoms with Crippen LogP contribution in [0.25, 0.3) is 0 Å². The van der Waals surface area contributed by atoms with Crippen LogP contribution in [0.2, 0.25) is 0 Å². The number of rotatable bonds is 5. The summed E-state index contributed by atoms with van der Waals surface area (Å²) in [6.45, 7) is 10.4. The first-order valence-electron chi connectivity index (χ1n) is 9.23. The van der Waals surface area contributed by atoms with Crippen LogP contribution < -0.4 is 0 Å². The molecule has 2 aromatic rings. The first-order chi connectivity index (χ1) is 12.2. The highest BCUT2D eigenvalue weighted by atomic mass is 16.5. The molecule has 1 aliphatic carbocycles. The minimum absolute atomic E-state index is 0.202. The number of hydrogen-bond donors (Lipinski definition) is 1. The van der Waals surface area contributed by atoms with Crippen molar-refractivity contribution in [2.75, 3.05) is 0 Å². The predicted octanol–water partition coefficient (Wildman–Crippen LogP) is 5.45. The van der Waals surface area contributed by atoms with Gasteiger partial charge < -0.3 is 9.84 Å². The molecule has 3 heteroatoms. The molecule has 3 rings (SSSR count). The molecule has 2 aromatic carbocycles. The average molecular weight is 352 g/mol. The van der Waals surface area contributed by atoms with Crippen LogP contribution in [-0.2, 0) is 28.8 Å². The van der Waals surface area contributed by atoms with E-state index in [4.69, 9.17) is 9.84 Å². The monoisotopic (exact) mass is 352 g/mol. The molecule has 1 aliphatic rings. The number of carboxylic acids is 1. The molecule has 3 nitrogen and oxygen atoms in total. The van der Waals surface area contributed by atoms with E-state index in [1.54, 1.807) is 12.1 Å². The van der Waals surface area contributed by atoms with Crippen LogP contribution in [0.4, 0.5) is 0 Å². The average Bonchev–Trinajstić information content (AvgIpc) is 2.59. The van der Waals surface area contributed by atoms with Crippen molar-refractivity contribution in [1.82, 2.24) is 0 Å². The van der Waals surface area contributed by atoms with Gasteiger partial charge in [0.2, 0.25) is 0 Å². The smallest absolute Gasteiger partial charge is 0.335 e. The summed E-state index contributed by atoms with van der Waals surface area (Å²) >= 11 is 0. The fourth-order valence-corrected chi connectivity index (χ4v) is 3.76. The number of aromatic carboxylic acids is 1. The van der Waals surface area contributed by atoms with Gasteiger partial charge in [0.25, 0.3) is 0 Å². The Bertz CT molecular complexity index is 801.